The van der Waals surface area contributed by atoms with Gasteiger partial charge in [-0.3, -0.25) is 14.2 Å². The second kappa shape index (κ2) is 4.35. The Balaban J connectivity index is 1.95. The number of anilines is 1. The number of aromatic nitrogens is 1. The van der Waals surface area contributed by atoms with Crippen molar-refractivity contribution in [3.8, 4) is 0 Å². The molecule has 5 rings (SSSR count). The Labute approximate surface area is 139 Å². The molecule has 118 valence electrons. The summed E-state index contributed by atoms with van der Waals surface area (Å²) in [4.78, 5) is 27.8. The van der Waals surface area contributed by atoms with E-state index < -0.39 is 5.54 Å². The third-order valence-corrected chi connectivity index (χ3v) is 5.41. The monoisotopic (exact) mass is 316 g/mol. The molecule has 3 aromatic rings. The molecule has 1 fully saturated rings. The Hall–Kier alpha value is -2.88. The SMILES string of the molecule is CC12CCC(=O)N1c1ccccc1C(=O)n1c2cc2ccccc21. The fourth-order valence-corrected chi connectivity index (χ4v) is 4.23. The number of nitrogens with zero attached hydrogens (tertiary/aromatic N) is 2. The zero-order valence-electron chi connectivity index (χ0n) is 13.3. The van der Waals surface area contributed by atoms with Crippen LogP contribution in [0.3, 0.4) is 0 Å². The molecule has 0 N–H and O–H groups in total. The first-order valence-corrected chi connectivity index (χ1v) is 8.19. The van der Waals surface area contributed by atoms with E-state index in [-0.39, 0.29) is 11.8 Å². The molecule has 2 aliphatic heterocycles. The number of hydrogen-bond acceptors (Lipinski definition) is 2. The second-order valence-electron chi connectivity index (χ2n) is 6.75. The van der Waals surface area contributed by atoms with Crippen LogP contribution in [-0.2, 0) is 10.3 Å². The first kappa shape index (κ1) is 13.5. The number of benzene rings is 2. The van der Waals surface area contributed by atoms with Gasteiger partial charge in [0.05, 0.1) is 28.0 Å². The Kier molecular flexibility index (Phi) is 2.46. The molecule has 1 aromatic heterocycles. The maximum atomic E-state index is 13.3. The number of rotatable bonds is 0. The number of carbonyl (C=O) groups is 2. The van der Waals surface area contributed by atoms with Crippen molar-refractivity contribution in [1.82, 2.24) is 4.57 Å². The fraction of sp³-hybridized carbons (Fsp3) is 0.200. The minimum Gasteiger partial charge on any atom is -0.300 e. The lowest BCUT2D eigenvalue weighted by Crippen LogP contribution is -2.41. The maximum Gasteiger partial charge on any atom is 0.264 e. The molecule has 4 heteroatoms. The summed E-state index contributed by atoms with van der Waals surface area (Å²) in [6.45, 7) is 2.07. The third kappa shape index (κ3) is 1.48. The van der Waals surface area contributed by atoms with Gasteiger partial charge in [-0.15, -0.1) is 0 Å². The summed E-state index contributed by atoms with van der Waals surface area (Å²) in [6.07, 6.45) is 1.21. The zero-order chi connectivity index (χ0) is 16.5. The average Bonchev–Trinajstić information content (AvgIpc) is 3.11. The van der Waals surface area contributed by atoms with Gasteiger partial charge >= 0.3 is 0 Å². The quantitative estimate of drug-likeness (QED) is 0.635. The summed E-state index contributed by atoms with van der Waals surface area (Å²) in [5.41, 5.74) is 2.60. The van der Waals surface area contributed by atoms with Crippen LogP contribution in [0.4, 0.5) is 5.69 Å². The molecule has 1 amide bonds. The molecule has 24 heavy (non-hydrogen) atoms. The lowest BCUT2D eigenvalue weighted by atomic mass is 9.94. The predicted molar refractivity (Wildman–Crippen MR) is 92.2 cm³/mol. The van der Waals surface area contributed by atoms with Crippen LogP contribution < -0.4 is 4.90 Å². The summed E-state index contributed by atoms with van der Waals surface area (Å²) in [7, 11) is 0. The number of fused-ring (bicyclic) bond motifs is 7. The topological polar surface area (TPSA) is 42.3 Å². The molecule has 0 saturated carbocycles. The smallest absolute Gasteiger partial charge is 0.264 e. The van der Waals surface area contributed by atoms with E-state index in [1.807, 2.05) is 53.4 Å². The van der Waals surface area contributed by atoms with Gasteiger partial charge in [-0.25, -0.2) is 0 Å². The molecule has 0 spiro atoms. The van der Waals surface area contributed by atoms with E-state index in [1.54, 1.807) is 4.57 Å². The van der Waals surface area contributed by atoms with Crippen LogP contribution in [0.2, 0.25) is 0 Å². The number of carbonyl (C=O) groups excluding carboxylic acids is 2. The zero-order valence-corrected chi connectivity index (χ0v) is 13.3. The van der Waals surface area contributed by atoms with Crippen LogP contribution in [0.15, 0.2) is 54.6 Å². The fourth-order valence-electron chi connectivity index (χ4n) is 4.23. The summed E-state index contributed by atoms with van der Waals surface area (Å²) in [5.74, 6) is 0.0154. The highest BCUT2D eigenvalue weighted by Crippen LogP contribution is 2.47. The van der Waals surface area contributed by atoms with Crippen molar-refractivity contribution in [2.45, 2.75) is 25.3 Å². The largest absolute Gasteiger partial charge is 0.300 e. The lowest BCUT2D eigenvalue weighted by Gasteiger charge is -2.34. The van der Waals surface area contributed by atoms with Crippen LogP contribution in [0.1, 0.15) is 35.8 Å². The molecule has 0 radical (unpaired) electrons. The molecule has 1 saturated heterocycles. The van der Waals surface area contributed by atoms with Gasteiger partial charge in [0.1, 0.15) is 0 Å². The van der Waals surface area contributed by atoms with Crippen LogP contribution in [0.25, 0.3) is 10.9 Å². The van der Waals surface area contributed by atoms with Gasteiger partial charge in [0.15, 0.2) is 0 Å². The van der Waals surface area contributed by atoms with Crippen LogP contribution in [0, 0.1) is 0 Å². The van der Waals surface area contributed by atoms with Gasteiger partial charge in [0.2, 0.25) is 5.91 Å². The van der Waals surface area contributed by atoms with Crippen LogP contribution in [-0.4, -0.2) is 16.4 Å². The highest BCUT2D eigenvalue weighted by atomic mass is 16.2. The average molecular weight is 316 g/mol. The van der Waals surface area contributed by atoms with Gasteiger partial charge in [-0.1, -0.05) is 30.3 Å². The van der Waals surface area contributed by atoms with Crippen molar-refractivity contribution < 1.29 is 9.59 Å². The van der Waals surface area contributed by atoms with E-state index in [1.165, 1.54) is 0 Å². The van der Waals surface area contributed by atoms with Gasteiger partial charge in [-0.2, -0.15) is 0 Å². The summed E-state index contributed by atoms with van der Waals surface area (Å²) in [5, 5.41) is 1.03. The molecule has 4 nitrogen and oxygen atoms in total. The standard InChI is InChI=1S/C20H16N2O2/c1-20-11-10-18(23)22(20)16-9-5-3-7-14(16)19(24)21-15-8-4-2-6-13(15)12-17(20)21/h2-9,12H,10-11H2,1H3. The molecule has 0 aliphatic carbocycles. The molecular weight excluding hydrogens is 300 g/mol. The van der Waals surface area contributed by atoms with Gasteiger partial charge in [0, 0.05) is 11.8 Å². The van der Waals surface area contributed by atoms with Crippen molar-refractivity contribution >= 4 is 28.4 Å². The molecule has 1 atom stereocenters. The highest BCUT2D eigenvalue weighted by molar-refractivity contribution is 6.12. The van der Waals surface area contributed by atoms with Gasteiger partial charge in [-0.05, 0) is 37.6 Å². The van der Waals surface area contributed by atoms with Crippen molar-refractivity contribution in [3.05, 3.63) is 65.9 Å². The Morgan fingerprint density at radius 3 is 2.62 bits per heavy atom. The van der Waals surface area contributed by atoms with E-state index >= 15 is 0 Å². The molecule has 2 aliphatic rings. The molecular formula is C20H16N2O2. The molecule has 3 heterocycles. The Bertz CT molecular complexity index is 1030. The van der Waals surface area contributed by atoms with Gasteiger partial charge in [0.25, 0.3) is 5.91 Å². The van der Waals surface area contributed by atoms with Crippen LogP contribution in [0.5, 0.6) is 0 Å². The van der Waals surface area contributed by atoms with E-state index in [4.69, 9.17) is 0 Å². The predicted octanol–water partition coefficient (Wildman–Crippen LogP) is 3.69. The number of amides is 1. The normalized spacial score (nSPS) is 22.3. The minimum absolute atomic E-state index is 0.0646. The Morgan fingerprint density at radius 2 is 1.75 bits per heavy atom. The number of hydrogen-bond donors (Lipinski definition) is 0. The first-order valence-electron chi connectivity index (χ1n) is 8.19. The van der Waals surface area contributed by atoms with E-state index in [9.17, 15) is 9.59 Å². The van der Waals surface area contributed by atoms with E-state index in [0.717, 1.165) is 22.3 Å². The van der Waals surface area contributed by atoms with Crippen molar-refractivity contribution in [2.75, 3.05) is 4.90 Å². The van der Waals surface area contributed by atoms with Crippen LogP contribution >= 0.6 is 0 Å². The number of para-hydroxylation sites is 2. The van der Waals surface area contributed by atoms with Crippen molar-refractivity contribution in [1.29, 1.82) is 0 Å². The summed E-state index contributed by atoms with van der Waals surface area (Å²) in [6, 6.07) is 17.4. The van der Waals surface area contributed by atoms with E-state index in [0.29, 0.717) is 18.4 Å². The lowest BCUT2D eigenvalue weighted by molar-refractivity contribution is -0.117. The van der Waals surface area contributed by atoms with E-state index in [2.05, 4.69) is 13.0 Å². The summed E-state index contributed by atoms with van der Waals surface area (Å²) >= 11 is 0. The molecule has 1 unspecified atom stereocenters. The Morgan fingerprint density at radius 1 is 1.00 bits per heavy atom. The highest BCUT2D eigenvalue weighted by Gasteiger charge is 2.49. The van der Waals surface area contributed by atoms with Gasteiger partial charge < -0.3 is 4.90 Å². The second-order valence-corrected chi connectivity index (χ2v) is 6.75. The third-order valence-electron chi connectivity index (χ3n) is 5.41. The first-order chi connectivity index (χ1) is 11.6. The molecule has 2 aromatic carbocycles. The minimum atomic E-state index is -0.502. The van der Waals surface area contributed by atoms with Crippen molar-refractivity contribution in [3.63, 3.8) is 0 Å². The van der Waals surface area contributed by atoms with Crippen molar-refractivity contribution in [2.24, 2.45) is 0 Å². The maximum absolute atomic E-state index is 13.3. The molecule has 0 bridgehead atoms. The summed E-state index contributed by atoms with van der Waals surface area (Å²) < 4.78 is 1.80.